The highest BCUT2D eigenvalue weighted by Gasteiger charge is 2.29. The Bertz CT molecular complexity index is 324. The van der Waals surface area contributed by atoms with Crippen LogP contribution in [0.4, 0.5) is 0 Å². The summed E-state index contributed by atoms with van der Waals surface area (Å²) in [5, 5.41) is 9.99. The first-order valence-electron chi connectivity index (χ1n) is 7.37. The summed E-state index contributed by atoms with van der Waals surface area (Å²) in [7, 11) is -2.90. The molecule has 0 radical (unpaired) electrons. The molecule has 0 aromatic heterocycles. The van der Waals surface area contributed by atoms with Gasteiger partial charge in [-0.2, -0.15) is 0 Å². The molecule has 0 aliphatic heterocycles. The van der Waals surface area contributed by atoms with Gasteiger partial charge in [-0.05, 0) is 43.9 Å². The molecule has 0 heterocycles. The second-order valence-electron chi connectivity index (χ2n) is 5.74. The number of aliphatic hydroxyl groups is 1. The zero-order valence-corrected chi connectivity index (χ0v) is 12.6. The zero-order valence-electron chi connectivity index (χ0n) is 11.8. The highest BCUT2D eigenvalue weighted by molar-refractivity contribution is 7.91. The average Bonchev–Trinajstić information content (AvgIpc) is 2.30. The number of hydrogen-bond donors (Lipinski definition) is 1. The fourth-order valence-corrected chi connectivity index (χ4v) is 4.56. The first-order valence-corrected chi connectivity index (χ1v) is 9.19. The Morgan fingerprint density at radius 2 is 1.78 bits per heavy atom. The van der Waals surface area contributed by atoms with Crippen LogP contribution in [-0.4, -0.2) is 31.1 Å². The molecule has 3 atom stereocenters. The van der Waals surface area contributed by atoms with E-state index in [1.54, 1.807) is 0 Å². The van der Waals surface area contributed by atoms with Crippen LogP contribution < -0.4 is 0 Å². The fourth-order valence-electron chi connectivity index (χ4n) is 3.07. The number of sulfone groups is 1. The summed E-state index contributed by atoms with van der Waals surface area (Å²) in [5.74, 6) is 1.43. The van der Waals surface area contributed by atoms with Gasteiger partial charge in [0.05, 0.1) is 11.9 Å². The van der Waals surface area contributed by atoms with Gasteiger partial charge in [0, 0.05) is 5.75 Å². The molecular formula is C14H28O3S. The van der Waals surface area contributed by atoms with E-state index < -0.39 is 9.84 Å². The van der Waals surface area contributed by atoms with Crippen molar-refractivity contribution in [3.8, 4) is 0 Å². The molecule has 108 valence electrons. The Labute approximate surface area is 112 Å². The summed E-state index contributed by atoms with van der Waals surface area (Å²) in [6.45, 7) is 4.08. The summed E-state index contributed by atoms with van der Waals surface area (Å²) in [4.78, 5) is 0. The van der Waals surface area contributed by atoms with Crippen LogP contribution >= 0.6 is 0 Å². The van der Waals surface area contributed by atoms with E-state index in [9.17, 15) is 13.5 Å². The Morgan fingerprint density at radius 3 is 2.39 bits per heavy atom. The lowest BCUT2D eigenvalue weighted by atomic mass is 9.76. The first kappa shape index (κ1) is 16.0. The summed E-state index contributed by atoms with van der Waals surface area (Å²) in [6.07, 6.45) is 6.41. The van der Waals surface area contributed by atoms with Gasteiger partial charge in [0.1, 0.15) is 9.84 Å². The maximum absolute atomic E-state index is 11.7. The molecule has 0 amide bonds. The number of hydrogen-bond acceptors (Lipinski definition) is 3. The van der Waals surface area contributed by atoms with Crippen molar-refractivity contribution in [2.45, 2.75) is 64.9 Å². The van der Waals surface area contributed by atoms with Crippen LogP contribution in [0.1, 0.15) is 58.8 Å². The molecule has 4 heteroatoms. The molecule has 0 spiro atoms. The van der Waals surface area contributed by atoms with Crippen LogP contribution in [0.2, 0.25) is 0 Å². The molecular weight excluding hydrogens is 248 g/mol. The van der Waals surface area contributed by atoms with Gasteiger partial charge in [-0.25, -0.2) is 8.42 Å². The molecule has 1 aliphatic rings. The van der Waals surface area contributed by atoms with E-state index in [4.69, 9.17) is 0 Å². The van der Waals surface area contributed by atoms with Crippen molar-refractivity contribution < 1.29 is 13.5 Å². The van der Waals surface area contributed by atoms with E-state index in [1.165, 1.54) is 12.8 Å². The number of aliphatic hydroxyl groups excluding tert-OH is 1. The molecule has 0 bridgehead atoms. The Morgan fingerprint density at radius 1 is 1.06 bits per heavy atom. The molecule has 3 unspecified atom stereocenters. The number of rotatable bonds is 7. The topological polar surface area (TPSA) is 54.4 Å². The minimum Gasteiger partial charge on any atom is -0.393 e. The van der Waals surface area contributed by atoms with Crippen LogP contribution in [-0.2, 0) is 9.84 Å². The van der Waals surface area contributed by atoms with Gasteiger partial charge < -0.3 is 5.11 Å². The van der Waals surface area contributed by atoms with Gasteiger partial charge in [-0.3, -0.25) is 0 Å². The van der Waals surface area contributed by atoms with Gasteiger partial charge in [-0.15, -0.1) is 0 Å². The van der Waals surface area contributed by atoms with Crippen LogP contribution in [0.5, 0.6) is 0 Å². The Hall–Kier alpha value is -0.0900. The molecule has 3 nitrogen and oxygen atoms in total. The van der Waals surface area contributed by atoms with Crippen LogP contribution in [0.25, 0.3) is 0 Å². The van der Waals surface area contributed by atoms with Crippen LogP contribution in [0.15, 0.2) is 0 Å². The molecule has 1 N–H and O–H groups in total. The lowest BCUT2D eigenvalue weighted by molar-refractivity contribution is 0.0447. The van der Waals surface area contributed by atoms with Gasteiger partial charge in [-0.1, -0.05) is 26.7 Å². The monoisotopic (exact) mass is 276 g/mol. The van der Waals surface area contributed by atoms with E-state index in [1.807, 2.05) is 6.92 Å². The van der Waals surface area contributed by atoms with E-state index in [2.05, 4.69) is 6.92 Å². The van der Waals surface area contributed by atoms with E-state index in [0.717, 1.165) is 19.3 Å². The fraction of sp³-hybridized carbons (Fsp3) is 1.00. The Balaban J connectivity index is 2.44. The van der Waals surface area contributed by atoms with Crippen molar-refractivity contribution in [2.24, 2.45) is 11.8 Å². The third-order valence-corrected chi connectivity index (χ3v) is 5.95. The van der Waals surface area contributed by atoms with Gasteiger partial charge in [0.25, 0.3) is 0 Å². The molecule has 1 saturated carbocycles. The minimum absolute atomic E-state index is 0.196. The highest BCUT2D eigenvalue weighted by atomic mass is 32.2. The molecule has 1 fully saturated rings. The van der Waals surface area contributed by atoms with Crippen LogP contribution in [0, 0.1) is 11.8 Å². The maximum atomic E-state index is 11.7. The van der Waals surface area contributed by atoms with E-state index in [0.29, 0.717) is 18.8 Å². The third-order valence-electron chi connectivity index (χ3n) is 4.06. The van der Waals surface area contributed by atoms with E-state index >= 15 is 0 Å². The van der Waals surface area contributed by atoms with Gasteiger partial charge in [0.2, 0.25) is 0 Å². The Kier molecular flexibility index (Phi) is 6.64. The van der Waals surface area contributed by atoms with Crippen molar-refractivity contribution in [3.05, 3.63) is 0 Å². The molecule has 18 heavy (non-hydrogen) atoms. The molecule has 0 saturated heterocycles. The lowest BCUT2D eigenvalue weighted by Gasteiger charge is -2.33. The largest absolute Gasteiger partial charge is 0.393 e. The van der Waals surface area contributed by atoms with Crippen molar-refractivity contribution in [1.82, 2.24) is 0 Å². The zero-order chi connectivity index (χ0) is 13.6. The van der Waals surface area contributed by atoms with Crippen molar-refractivity contribution in [3.63, 3.8) is 0 Å². The quantitative estimate of drug-likeness (QED) is 0.778. The normalized spacial score (nSPS) is 29.4. The van der Waals surface area contributed by atoms with Crippen molar-refractivity contribution >= 4 is 9.84 Å². The highest BCUT2D eigenvalue weighted by Crippen LogP contribution is 2.34. The predicted octanol–water partition coefficient (Wildman–Crippen LogP) is 2.78. The third kappa shape index (κ3) is 5.27. The average molecular weight is 276 g/mol. The predicted molar refractivity (Wildman–Crippen MR) is 75.3 cm³/mol. The van der Waals surface area contributed by atoms with Crippen molar-refractivity contribution in [2.75, 3.05) is 11.5 Å². The summed E-state index contributed by atoms with van der Waals surface area (Å²) in [6, 6.07) is 0. The molecule has 0 aromatic carbocycles. The van der Waals surface area contributed by atoms with Crippen molar-refractivity contribution in [1.29, 1.82) is 0 Å². The van der Waals surface area contributed by atoms with Crippen LogP contribution in [0.3, 0.4) is 0 Å². The second-order valence-corrected chi connectivity index (χ2v) is 8.04. The maximum Gasteiger partial charge on any atom is 0.150 e. The SMILES string of the molecule is CCCC1CCC(O)C(CCS(=O)(=O)CCC)C1. The summed E-state index contributed by atoms with van der Waals surface area (Å²) >= 11 is 0. The van der Waals surface area contributed by atoms with Gasteiger partial charge >= 0.3 is 0 Å². The minimum atomic E-state index is -2.90. The van der Waals surface area contributed by atoms with Gasteiger partial charge in [0.15, 0.2) is 0 Å². The standard InChI is InChI=1S/C14H28O3S/c1-3-5-12-6-7-14(15)13(11-12)8-10-18(16,17)9-4-2/h12-15H,3-11H2,1-2H3. The smallest absolute Gasteiger partial charge is 0.150 e. The van der Waals surface area contributed by atoms with E-state index in [-0.39, 0.29) is 23.5 Å². The second kappa shape index (κ2) is 7.49. The summed E-state index contributed by atoms with van der Waals surface area (Å²) < 4.78 is 23.4. The summed E-state index contributed by atoms with van der Waals surface area (Å²) in [5.41, 5.74) is 0. The first-order chi connectivity index (χ1) is 8.48. The molecule has 1 aliphatic carbocycles. The molecule has 0 aromatic rings. The molecule has 1 rings (SSSR count). The lowest BCUT2D eigenvalue weighted by Crippen LogP contribution is -2.31.